The Labute approximate surface area is 311 Å². The van der Waals surface area contributed by atoms with E-state index in [1.54, 1.807) is 26.2 Å². The van der Waals surface area contributed by atoms with Crippen LogP contribution >= 0.6 is 11.8 Å². The second-order valence-electron chi connectivity index (χ2n) is 15.1. The van der Waals surface area contributed by atoms with E-state index in [4.69, 9.17) is 10.1 Å². The Morgan fingerprint density at radius 3 is 2.53 bits per heavy atom. The predicted octanol–water partition coefficient (Wildman–Crippen LogP) is 7.83. The fourth-order valence-electron chi connectivity index (χ4n) is 7.31. The van der Waals surface area contributed by atoms with E-state index in [0.29, 0.717) is 48.0 Å². The molecule has 1 aliphatic heterocycles. The highest BCUT2D eigenvalue weighted by atomic mass is 32.2. The van der Waals surface area contributed by atoms with Crippen molar-refractivity contribution in [2.24, 2.45) is 18.4 Å². The molecule has 2 aromatic heterocycles. The first-order valence-electron chi connectivity index (χ1n) is 17.4. The predicted molar refractivity (Wildman–Crippen MR) is 199 cm³/mol. The molecule has 3 aromatic carbocycles. The number of carboxylic acids is 2. The molecule has 3 N–H and O–H groups in total. The minimum Gasteiger partial charge on any atom is -0.481 e. The Hall–Kier alpha value is -4.56. The largest absolute Gasteiger partial charge is 0.481 e. The summed E-state index contributed by atoms with van der Waals surface area (Å²) in [6, 6.07) is 12.8. The first kappa shape index (κ1) is 38.2. The van der Waals surface area contributed by atoms with Crippen molar-refractivity contribution >= 4 is 44.4 Å². The first-order chi connectivity index (χ1) is 24.9. The first-order valence-corrected chi connectivity index (χ1v) is 20.0. The van der Waals surface area contributed by atoms with Crippen LogP contribution in [0.2, 0.25) is 0 Å². The van der Waals surface area contributed by atoms with Crippen LogP contribution in [0.3, 0.4) is 0 Å². The van der Waals surface area contributed by atoms with E-state index in [9.17, 15) is 28.2 Å². The molecule has 2 atom stereocenters. The van der Waals surface area contributed by atoms with Gasteiger partial charge >= 0.3 is 11.9 Å². The molecule has 5 aromatic rings. The van der Waals surface area contributed by atoms with Crippen molar-refractivity contribution in [1.82, 2.24) is 19.7 Å². The Morgan fingerprint density at radius 2 is 1.81 bits per heavy atom. The van der Waals surface area contributed by atoms with E-state index in [-0.39, 0.29) is 44.7 Å². The van der Waals surface area contributed by atoms with Crippen LogP contribution in [-0.2, 0) is 39.9 Å². The number of rotatable bonds is 5. The highest BCUT2D eigenvalue weighted by molar-refractivity contribution is 7.99. The van der Waals surface area contributed by atoms with Gasteiger partial charge in [-0.2, -0.15) is 5.10 Å². The average molecular weight is 765 g/mol. The number of carboxylic acid groups (broad SMARTS) is 2. The minimum absolute atomic E-state index is 0.0229. The van der Waals surface area contributed by atoms with Gasteiger partial charge in [0.25, 0.3) is 0 Å². The van der Waals surface area contributed by atoms with E-state index in [2.05, 4.69) is 4.98 Å². The van der Waals surface area contributed by atoms with Crippen LogP contribution in [-0.4, -0.2) is 61.8 Å². The van der Waals surface area contributed by atoms with E-state index in [1.165, 1.54) is 16.8 Å². The third kappa shape index (κ3) is 7.89. The van der Waals surface area contributed by atoms with Gasteiger partial charge in [-0.1, -0.05) is 63.2 Å². The third-order valence-corrected chi connectivity index (χ3v) is 13.5. The van der Waals surface area contributed by atoms with Gasteiger partial charge in [0, 0.05) is 29.0 Å². The molecule has 0 aliphatic carbocycles. The van der Waals surface area contributed by atoms with Crippen LogP contribution in [0, 0.1) is 23.0 Å². The van der Waals surface area contributed by atoms with Gasteiger partial charge in [-0.3, -0.25) is 4.79 Å². The second kappa shape index (κ2) is 14.3. The van der Waals surface area contributed by atoms with Crippen LogP contribution in [0.25, 0.3) is 22.3 Å². The van der Waals surface area contributed by atoms with Gasteiger partial charge in [0.05, 0.1) is 38.9 Å². The number of aromatic carboxylic acids is 1. The molecule has 0 saturated heterocycles. The van der Waals surface area contributed by atoms with Crippen molar-refractivity contribution in [3.8, 4) is 11.4 Å². The molecule has 6 rings (SSSR count). The number of hydrogen-bond donors (Lipinski definition) is 3. The number of nitrogens with zero attached hydrogens (tertiary/aromatic N) is 3. The fourth-order valence-corrected chi connectivity index (χ4v) is 10.4. The van der Waals surface area contributed by atoms with Crippen LogP contribution in [0.15, 0.2) is 64.5 Å². The van der Waals surface area contributed by atoms with Crippen molar-refractivity contribution in [3.63, 3.8) is 0 Å². The summed E-state index contributed by atoms with van der Waals surface area (Å²) in [5.41, 5.74) is 0.556. The van der Waals surface area contributed by atoms with Crippen molar-refractivity contribution in [1.29, 1.82) is 0 Å². The number of sulfone groups is 1. The number of carbonyl (C=O) groups is 2. The van der Waals surface area contributed by atoms with Crippen LogP contribution in [0.1, 0.15) is 79.8 Å². The van der Waals surface area contributed by atoms with Gasteiger partial charge in [-0.25, -0.2) is 31.7 Å². The summed E-state index contributed by atoms with van der Waals surface area (Å²) in [5.74, 6) is -4.37. The van der Waals surface area contributed by atoms with Gasteiger partial charge in [0.2, 0.25) is 0 Å². The molecule has 0 amide bonds. The summed E-state index contributed by atoms with van der Waals surface area (Å²) in [7, 11) is -2.05. The lowest BCUT2D eigenvalue weighted by molar-refractivity contribution is -0.141. The molecule has 53 heavy (non-hydrogen) atoms. The number of fused-ring (bicyclic) bond motifs is 8. The Balaban J connectivity index is 1.55. The van der Waals surface area contributed by atoms with E-state index in [1.807, 2.05) is 45.0 Å². The number of aliphatic carboxylic acids is 1. The standard InChI is InChI=1S/C39H42F2N4O6S2/c1-22(35(46)47)16-23-8-6-9-24(17-23)39(4)13-7-12-38(2,3)21-53(50,51)15-11-26-25-10-14-42-31(25)20-30(41)33(26)52-32-19-27(29(40)18-28(32)36(48)49)34-43-37(39)44-45(34)5/h6,8-10,14,17-20,22,42H,7,11-13,15-16,21H2,1-5H3,(H,46,47)(H,48,49)/t22-,39-/m1/s1. The van der Waals surface area contributed by atoms with Gasteiger partial charge in [0.1, 0.15) is 11.6 Å². The lowest BCUT2D eigenvalue weighted by Gasteiger charge is -2.31. The van der Waals surface area contributed by atoms with Gasteiger partial charge < -0.3 is 15.2 Å². The number of nitrogens with one attached hydrogen (secondary N) is 1. The molecule has 0 saturated carbocycles. The summed E-state index contributed by atoms with van der Waals surface area (Å²) in [6.45, 7) is 7.41. The topological polar surface area (TPSA) is 155 Å². The Bertz CT molecular complexity index is 2350. The molecule has 3 heterocycles. The normalized spacial score (nSPS) is 19.5. The molecule has 1 aliphatic rings. The molecule has 280 valence electrons. The lowest BCUT2D eigenvalue weighted by atomic mass is 9.75. The molecule has 0 radical (unpaired) electrons. The minimum atomic E-state index is -3.66. The summed E-state index contributed by atoms with van der Waals surface area (Å²) in [6.07, 6.45) is 3.50. The number of benzene rings is 3. The molecule has 14 heteroatoms. The molecule has 10 nitrogen and oxygen atoms in total. The zero-order valence-corrected chi connectivity index (χ0v) is 31.8. The average Bonchev–Trinajstić information content (AvgIpc) is 3.70. The summed E-state index contributed by atoms with van der Waals surface area (Å²) in [5, 5.41) is 25.1. The highest BCUT2D eigenvalue weighted by Gasteiger charge is 2.36. The fraction of sp³-hybridized carbons (Fsp3) is 0.385. The quantitative estimate of drug-likeness (QED) is 0.162. The summed E-state index contributed by atoms with van der Waals surface area (Å²) < 4.78 is 60.8. The van der Waals surface area contributed by atoms with Crippen molar-refractivity contribution in [2.45, 2.75) is 75.0 Å². The SMILES string of the molecule is C[C@H](Cc1cccc([C@@]2(C)CCCC(C)(C)CS(=O)(=O)CCc3c(c(F)cc4[nH]ccc34)Sc3cc(c(F)cc3C(=O)O)-c3nc2nn3C)c1)C(=O)O. The van der Waals surface area contributed by atoms with Crippen molar-refractivity contribution in [3.05, 3.63) is 94.4 Å². The number of halogens is 2. The van der Waals surface area contributed by atoms with Gasteiger partial charge in [-0.05, 0) is 79.0 Å². The summed E-state index contributed by atoms with van der Waals surface area (Å²) >= 11 is 0.804. The lowest BCUT2D eigenvalue weighted by Crippen LogP contribution is -2.29. The number of H-pyrrole nitrogens is 1. The molecular formula is C39H42F2N4O6S2. The second-order valence-corrected chi connectivity index (χ2v) is 18.3. The Morgan fingerprint density at radius 1 is 1.06 bits per heavy atom. The molecule has 0 fully saturated rings. The number of hydrogen-bond acceptors (Lipinski definition) is 7. The Kier molecular flexibility index (Phi) is 10.3. The maximum Gasteiger partial charge on any atom is 0.336 e. The van der Waals surface area contributed by atoms with Gasteiger partial charge in [-0.15, -0.1) is 0 Å². The van der Waals surface area contributed by atoms with E-state index in [0.717, 1.165) is 29.0 Å². The van der Waals surface area contributed by atoms with E-state index < -0.39 is 50.2 Å². The maximum atomic E-state index is 16.0. The molecule has 0 unspecified atom stereocenters. The van der Waals surface area contributed by atoms with E-state index >= 15 is 8.78 Å². The zero-order valence-electron chi connectivity index (χ0n) is 30.2. The maximum absolute atomic E-state index is 16.0. The number of aryl methyl sites for hydroxylation is 2. The molecule has 4 bridgehead atoms. The smallest absolute Gasteiger partial charge is 0.336 e. The third-order valence-electron chi connectivity index (χ3n) is 10.2. The van der Waals surface area contributed by atoms with Crippen LogP contribution < -0.4 is 0 Å². The highest BCUT2D eigenvalue weighted by Crippen LogP contribution is 2.43. The number of aromatic amines is 1. The number of aromatic nitrogens is 4. The van der Waals surface area contributed by atoms with Crippen LogP contribution in [0.4, 0.5) is 8.78 Å². The molecule has 0 spiro atoms. The van der Waals surface area contributed by atoms with Gasteiger partial charge in [0.15, 0.2) is 21.5 Å². The molecular weight excluding hydrogens is 723 g/mol. The summed E-state index contributed by atoms with van der Waals surface area (Å²) in [4.78, 5) is 32.1. The zero-order chi connectivity index (χ0) is 38.5. The van der Waals surface area contributed by atoms with Crippen molar-refractivity contribution in [2.75, 3.05) is 11.5 Å². The monoisotopic (exact) mass is 764 g/mol. The van der Waals surface area contributed by atoms with Crippen LogP contribution in [0.5, 0.6) is 0 Å². The van der Waals surface area contributed by atoms with Crippen molar-refractivity contribution < 1.29 is 37.0 Å².